The molecule has 0 aliphatic carbocycles. The largest absolute Gasteiger partial charge is 0.378 e. The van der Waals surface area contributed by atoms with Crippen LogP contribution in [0.1, 0.15) is 15.2 Å². The van der Waals surface area contributed by atoms with Crippen molar-refractivity contribution in [2.24, 2.45) is 0 Å². The summed E-state index contributed by atoms with van der Waals surface area (Å²) in [6, 6.07) is 14.0. The molecule has 8 heteroatoms. The zero-order chi connectivity index (χ0) is 18.5. The number of ether oxygens (including phenoxy) is 1. The number of thioether (sulfide) groups is 1. The Labute approximate surface area is 166 Å². The number of carbonyl (C=O) groups excluding carboxylic acids is 1. The maximum atomic E-state index is 12.4. The molecule has 0 radical (unpaired) electrons. The number of carbonyl (C=O) groups is 1. The lowest BCUT2D eigenvalue weighted by atomic mass is 10.2. The van der Waals surface area contributed by atoms with E-state index in [1.54, 1.807) is 0 Å². The van der Waals surface area contributed by atoms with Crippen molar-refractivity contribution in [3.05, 3.63) is 58.3 Å². The lowest BCUT2D eigenvalue weighted by Gasteiger charge is -2.28. The van der Waals surface area contributed by atoms with Crippen molar-refractivity contribution >= 4 is 34.8 Å². The quantitative estimate of drug-likeness (QED) is 0.448. The fraction of sp³-hybridized carbons (Fsp3) is 0.316. The summed E-state index contributed by atoms with van der Waals surface area (Å²) in [7, 11) is 0. The highest BCUT2D eigenvalue weighted by atomic mass is 32.2. The number of hydrogen-bond acceptors (Lipinski definition) is 7. The molecular weight excluding hydrogens is 380 g/mol. The first-order valence-corrected chi connectivity index (χ1v) is 10.7. The van der Waals surface area contributed by atoms with Crippen LogP contribution in [0, 0.1) is 0 Å². The third kappa shape index (κ3) is 4.40. The van der Waals surface area contributed by atoms with Gasteiger partial charge in [0.2, 0.25) is 5.95 Å². The maximum absolute atomic E-state index is 12.4. The predicted molar refractivity (Wildman–Crippen MR) is 108 cm³/mol. The highest BCUT2D eigenvalue weighted by molar-refractivity contribution is 7.99. The van der Waals surface area contributed by atoms with Gasteiger partial charge in [-0.15, -0.1) is 21.5 Å². The molecule has 0 unspecified atom stereocenters. The Balaban J connectivity index is 1.56. The van der Waals surface area contributed by atoms with Gasteiger partial charge in [-0.3, -0.25) is 9.36 Å². The molecule has 1 aromatic carbocycles. The molecule has 140 valence electrons. The molecule has 4 rings (SSSR count). The van der Waals surface area contributed by atoms with Crippen LogP contribution >= 0.6 is 23.1 Å². The molecule has 1 aliphatic rings. The average molecular weight is 401 g/mol. The van der Waals surface area contributed by atoms with Gasteiger partial charge < -0.3 is 9.64 Å². The first-order chi connectivity index (χ1) is 13.3. The van der Waals surface area contributed by atoms with Crippen molar-refractivity contribution in [1.82, 2.24) is 14.8 Å². The Morgan fingerprint density at radius 1 is 1.11 bits per heavy atom. The van der Waals surface area contributed by atoms with E-state index in [0.29, 0.717) is 25.5 Å². The van der Waals surface area contributed by atoms with Gasteiger partial charge in [0.15, 0.2) is 10.9 Å². The monoisotopic (exact) mass is 400 g/mol. The summed E-state index contributed by atoms with van der Waals surface area (Å²) in [5.74, 6) is 1.32. The van der Waals surface area contributed by atoms with E-state index in [9.17, 15) is 4.79 Å². The van der Waals surface area contributed by atoms with Crippen LogP contribution in [0.3, 0.4) is 0 Å². The summed E-state index contributed by atoms with van der Waals surface area (Å²) in [6.45, 7) is 3.66. The molecule has 6 nitrogen and oxygen atoms in total. The number of hydrogen-bond donors (Lipinski definition) is 0. The Kier molecular flexibility index (Phi) is 5.86. The maximum Gasteiger partial charge on any atom is 0.228 e. The molecular formula is C19H20N4O2S2. The molecule has 0 bridgehead atoms. The van der Waals surface area contributed by atoms with E-state index in [1.807, 2.05) is 35.7 Å². The topological polar surface area (TPSA) is 60.3 Å². The van der Waals surface area contributed by atoms with E-state index in [-0.39, 0.29) is 5.78 Å². The molecule has 1 fully saturated rings. The van der Waals surface area contributed by atoms with E-state index >= 15 is 0 Å². The molecule has 1 saturated heterocycles. The fourth-order valence-electron chi connectivity index (χ4n) is 2.93. The Bertz CT molecular complexity index is 875. The van der Waals surface area contributed by atoms with Crippen LogP contribution in [-0.2, 0) is 11.3 Å². The van der Waals surface area contributed by atoms with E-state index in [0.717, 1.165) is 29.1 Å². The summed E-state index contributed by atoms with van der Waals surface area (Å²) in [5, 5.41) is 11.5. The summed E-state index contributed by atoms with van der Waals surface area (Å²) >= 11 is 2.92. The van der Waals surface area contributed by atoms with Crippen LogP contribution in [0.25, 0.3) is 0 Å². The smallest absolute Gasteiger partial charge is 0.228 e. The summed E-state index contributed by atoms with van der Waals surface area (Å²) in [5.41, 5.74) is 1.18. The third-order valence-corrected chi connectivity index (χ3v) is 6.18. The van der Waals surface area contributed by atoms with Crippen LogP contribution in [0.15, 0.2) is 53.0 Å². The van der Waals surface area contributed by atoms with Crippen molar-refractivity contribution in [2.75, 3.05) is 37.0 Å². The van der Waals surface area contributed by atoms with Crippen LogP contribution in [0.5, 0.6) is 0 Å². The number of nitrogens with zero attached hydrogens (tertiary/aromatic N) is 4. The fourth-order valence-corrected chi connectivity index (χ4v) is 4.50. The first kappa shape index (κ1) is 18.2. The van der Waals surface area contributed by atoms with Crippen LogP contribution < -0.4 is 4.90 Å². The number of morpholine rings is 1. The Morgan fingerprint density at radius 3 is 2.67 bits per heavy atom. The minimum Gasteiger partial charge on any atom is -0.378 e. The van der Waals surface area contributed by atoms with Crippen LogP contribution in [-0.4, -0.2) is 52.6 Å². The minimum absolute atomic E-state index is 0.122. The number of ketones is 1. The van der Waals surface area contributed by atoms with Gasteiger partial charge in [0.1, 0.15) is 0 Å². The Morgan fingerprint density at radius 2 is 1.93 bits per heavy atom. The number of benzene rings is 1. The van der Waals surface area contributed by atoms with E-state index in [4.69, 9.17) is 4.74 Å². The van der Waals surface area contributed by atoms with Gasteiger partial charge in [-0.25, -0.2) is 0 Å². The zero-order valence-electron chi connectivity index (χ0n) is 14.8. The van der Waals surface area contributed by atoms with Crippen molar-refractivity contribution in [3.8, 4) is 0 Å². The van der Waals surface area contributed by atoms with Gasteiger partial charge in [0, 0.05) is 13.1 Å². The van der Waals surface area contributed by atoms with Crippen molar-refractivity contribution in [2.45, 2.75) is 11.7 Å². The Hall–Kier alpha value is -2.16. The highest BCUT2D eigenvalue weighted by Crippen LogP contribution is 2.25. The molecule has 3 heterocycles. The minimum atomic E-state index is 0.122. The second-order valence-corrected chi connectivity index (χ2v) is 8.03. The van der Waals surface area contributed by atoms with Crippen LogP contribution in [0.2, 0.25) is 0 Å². The van der Waals surface area contributed by atoms with Crippen molar-refractivity contribution in [3.63, 3.8) is 0 Å². The molecule has 0 saturated carbocycles. The van der Waals surface area contributed by atoms with Gasteiger partial charge in [-0.1, -0.05) is 48.2 Å². The average Bonchev–Trinajstić information content (AvgIpc) is 3.38. The first-order valence-electron chi connectivity index (χ1n) is 8.80. The normalized spacial score (nSPS) is 14.4. The van der Waals surface area contributed by atoms with Crippen molar-refractivity contribution in [1.29, 1.82) is 0 Å². The second-order valence-electron chi connectivity index (χ2n) is 6.14. The number of rotatable bonds is 7. The molecule has 0 amide bonds. The number of anilines is 1. The van der Waals surface area contributed by atoms with Crippen molar-refractivity contribution < 1.29 is 9.53 Å². The number of Topliss-reactive ketones (excluding diaryl/α,β-unsaturated/α-hetero) is 1. The lowest BCUT2D eigenvalue weighted by Crippen LogP contribution is -2.38. The number of thiophene rings is 1. The lowest BCUT2D eigenvalue weighted by molar-refractivity contribution is 0.102. The van der Waals surface area contributed by atoms with Crippen LogP contribution in [0.4, 0.5) is 5.95 Å². The standard InChI is InChI=1S/C19H20N4O2S2/c24-16(17-7-4-12-26-17)14-27-19-21-20-18(22-8-10-25-11-9-22)23(19)13-15-5-2-1-3-6-15/h1-7,12H,8-11,13-14H2. The SMILES string of the molecule is O=C(CSc1nnc(N2CCOCC2)n1Cc1ccccc1)c1cccs1. The molecule has 0 N–H and O–H groups in total. The molecule has 27 heavy (non-hydrogen) atoms. The molecule has 1 aliphatic heterocycles. The van der Waals surface area contributed by atoms with Gasteiger partial charge >= 0.3 is 0 Å². The zero-order valence-corrected chi connectivity index (χ0v) is 16.4. The summed E-state index contributed by atoms with van der Waals surface area (Å²) < 4.78 is 7.56. The second kappa shape index (κ2) is 8.69. The van der Waals surface area contributed by atoms with Gasteiger partial charge in [0.05, 0.1) is 30.4 Å². The predicted octanol–water partition coefficient (Wildman–Crippen LogP) is 3.20. The molecule has 2 aromatic heterocycles. The molecule has 0 spiro atoms. The highest BCUT2D eigenvalue weighted by Gasteiger charge is 2.21. The van der Waals surface area contributed by atoms with Gasteiger partial charge in [-0.2, -0.15) is 0 Å². The van der Waals surface area contributed by atoms with Gasteiger partial charge in [-0.05, 0) is 17.0 Å². The van der Waals surface area contributed by atoms with E-state index in [2.05, 4.69) is 31.8 Å². The third-order valence-electron chi connectivity index (χ3n) is 4.30. The van der Waals surface area contributed by atoms with Gasteiger partial charge in [0.25, 0.3) is 0 Å². The molecule has 0 atom stereocenters. The van der Waals surface area contributed by atoms with E-state index < -0.39 is 0 Å². The number of aromatic nitrogens is 3. The summed E-state index contributed by atoms with van der Waals surface area (Å²) in [6.07, 6.45) is 0. The molecule has 3 aromatic rings. The summed E-state index contributed by atoms with van der Waals surface area (Å²) in [4.78, 5) is 15.3. The van der Waals surface area contributed by atoms with E-state index in [1.165, 1.54) is 28.7 Å².